The maximum Gasteiger partial charge on any atom is 0.340 e. The summed E-state index contributed by atoms with van der Waals surface area (Å²) in [6.07, 6.45) is 5.92. The van der Waals surface area contributed by atoms with Gasteiger partial charge in [-0.15, -0.1) is 5.43 Å². The number of allylic oxidation sites excluding steroid dienone is 3. The predicted molar refractivity (Wildman–Crippen MR) is 35.8 cm³/mol. The summed E-state index contributed by atoms with van der Waals surface area (Å²) in [6.45, 7) is 0. The van der Waals surface area contributed by atoms with E-state index in [0.717, 1.165) is 0 Å². The van der Waals surface area contributed by atoms with Crippen molar-refractivity contribution in [2.24, 2.45) is 5.10 Å². The minimum absolute atomic E-state index is 0.120. The average Bonchev–Trinajstić information content (AvgIpc) is 2.12. The average molecular weight is 139 g/mol. The van der Waals surface area contributed by atoms with Gasteiger partial charge < -0.3 is 10.1 Å². The van der Waals surface area contributed by atoms with Crippen molar-refractivity contribution >= 4 is 6.21 Å². The smallest absolute Gasteiger partial charge is 0.340 e. The first-order valence-electron chi connectivity index (χ1n) is 2.61. The predicted octanol–water partition coefficient (Wildman–Crippen LogP) is 0.250. The topological polar surface area (TPSA) is 67.5 Å². The van der Waals surface area contributed by atoms with Crippen LogP contribution in [-0.2, 0) is 0 Å². The van der Waals surface area contributed by atoms with Gasteiger partial charge in [-0.1, -0.05) is 11.2 Å². The summed E-state index contributed by atoms with van der Waals surface area (Å²) in [6, 6.07) is 0. The second-order valence-electron chi connectivity index (χ2n) is 1.58. The molecule has 1 heterocycles. The Morgan fingerprint density at radius 2 is 2.40 bits per heavy atom. The number of hydrogen-bond donors (Lipinski definition) is 1. The quantitative estimate of drug-likeness (QED) is 0.418. The van der Waals surface area contributed by atoms with Crippen LogP contribution < -0.4 is 5.43 Å². The molecule has 0 atom stereocenters. The van der Waals surface area contributed by atoms with Crippen LogP contribution >= 0.6 is 0 Å². The number of nitrogens with zero attached hydrogens (tertiary/aromatic N) is 2. The van der Waals surface area contributed by atoms with Crippen molar-refractivity contribution in [2.75, 3.05) is 0 Å². The van der Waals surface area contributed by atoms with Gasteiger partial charge in [0, 0.05) is 6.08 Å². The van der Waals surface area contributed by atoms with E-state index in [2.05, 4.69) is 10.5 Å². The summed E-state index contributed by atoms with van der Waals surface area (Å²) in [5.41, 5.74) is 2.25. The molecule has 5 nitrogen and oxygen atoms in total. The Morgan fingerprint density at radius 1 is 1.60 bits per heavy atom. The lowest BCUT2D eigenvalue weighted by Crippen LogP contribution is -2.12. The molecule has 10 heavy (non-hydrogen) atoms. The number of nitro groups is 1. The van der Waals surface area contributed by atoms with Gasteiger partial charge in [0.05, 0.1) is 6.21 Å². The van der Waals surface area contributed by atoms with E-state index in [1.54, 1.807) is 12.2 Å². The molecule has 52 valence electrons. The first-order valence-corrected chi connectivity index (χ1v) is 2.61. The maximum absolute atomic E-state index is 10.1. The lowest BCUT2D eigenvalue weighted by atomic mass is 10.5. The Labute approximate surface area is 56.9 Å². The van der Waals surface area contributed by atoms with E-state index in [9.17, 15) is 10.1 Å². The zero-order valence-corrected chi connectivity index (χ0v) is 5.02. The molecule has 1 aliphatic heterocycles. The van der Waals surface area contributed by atoms with Crippen LogP contribution in [0, 0.1) is 10.1 Å². The SMILES string of the molecule is O=[N+]([O-])C1=CC=CC=NN1. The largest absolute Gasteiger partial charge is 0.358 e. The summed E-state index contributed by atoms with van der Waals surface area (Å²) in [5.74, 6) is -0.120. The lowest BCUT2D eigenvalue weighted by molar-refractivity contribution is -0.431. The summed E-state index contributed by atoms with van der Waals surface area (Å²) < 4.78 is 0. The van der Waals surface area contributed by atoms with E-state index in [1.807, 2.05) is 0 Å². The summed E-state index contributed by atoms with van der Waals surface area (Å²) in [7, 11) is 0. The number of hydrogen-bond acceptors (Lipinski definition) is 4. The summed E-state index contributed by atoms with van der Waals surface area (Å²) >= 11 is 0. The fourth-order valence-corrected chi connectivity index (χ4v) is 0.482. The third kappa shape index (κ3) is 1.41. The Kier molecular flexibility index (Phi) is 1.79. The highest BCUT2D eigenvalue weighted by molar-refractivity contribution is 5.71. The molecule has 0 fully saturated rings. The molecular formula is C5H5N3O2. The van der Waals surface area contributed by atoms with Crippen molar-refractivity contribution in [3.8, 4) is 0 Å². The zero-order valence-electron chi connectivity index (χ0n) is 5.02. The standard InChI is InChI=1S/C5H5N3O2/c9-8(10)5-3-1-2-4-6-7-5/h1-4,7H. The van der Waals surface area contributed by atoms with Gasteiger partial charge in [-0.05, 0) is 11.0 Å². The summed E-state index contributed by atoms with van der Waals surface area (Å²) in [4.78, 5) is 9.54. The third-order valence-corrected chi connectivity index (χ3v) is 0.902. The summed E-state index contributed by atoms with van der Waals surface area (Å²) in [5, 5.41) is 13.6. The van der Waals surface area contributed by atoms with Gasteiger partial charge in [0.15, 0.2) is 0 Å². The molecule has 1 aliphatic rings. The van der Waals surface area contributed by atoms with Gasteiger partial charge in [-0.25, -0.2) is 0 Å². The molecule has 0 aliphatic carbocycles. The second-order valence-corrected chi connectivity index (χ2v) is 1.58. The number of rotatable bonds is 1. The van der Waals surface area contributed by atoms with Crippen molar-refractivity contribution in [1.29, 1.82) is 0 Å². The fraction of sp³-hybridized carbons (Fsp3) is 0. The van der Waals surface area contributed by atoms with Gasteiger partial charge in [0.1, 0.15) is 0 Å². The van der Waals surface area contributed by atoms with Crippen LogP contribution in [0.4, 0.5) is 0 Å². The molecule has 5 heteroatoms. The van der Waals surface area contributed by atoms with Gasteiger partial charge in [-0.3, -0.25) is 0 Å². The minimum atomic E-state index is -0.535. The highest BCUT2D eigenvalue weighted by atomic mass is 16.6. The molecule has 0 spiro atoms. The van der Waals surface area contributed by atoms with E-state index in [0.29, 0.717) is 0 Å². The Balaban J connectivity index is 2.78. The normalized spacial score (nSPS) is 15.4. The van der Waals surface area contributed by atoms with Crippen molar-refractivity contribution in [2.45, 2.75) is 0 Å². The van der Waals surface area contributed by atoms with Crippen molar-refractivity contribution in [1.82, 2.24) is 5.43 Å². The van der Waals surface area contributed by atoms with Gasteiger partial charge >= 0.3 is 5.82 Å². The van der Waals surface area contributed by atoms with Crippen molar-refractivity contribution in [3.05, 3.63) is 34.2 Å². The van der Waals surface area contributed by atoms with Crippen LogP contribution in [0.1, 0.15) is 0 Å². The van der Waals surface area contributed by atoms with E-state index < -0.39 is 4.92 Å². The fourth-order valence-electron chi connectivity index (χ4n) is 0.482. The molecule has 0 aromatic carbocycles. The molecule has 0 bridgehead atoms. The van der Waals surface area contributed by atoms with Crippen LogP contribution in [0.3, 0.4) is 0 Å². The third-order valence-electron chi connectivity index (χ3n) is 0.902. The van der Waals surface area contributed by atoms with Crippen LogP contribution in [0.25, 0.3) is 0 Å². The van der Waals surface area contributed by atoms with Crippen LogP contribution in [0.2, 0.25) is 0 Å². The molecule has 0 amide bonds. The Morgan fingerprint density at radius 3 is 3.10 bits per heavy atom. The molecule has 0 aromatic heterocycles. The zero-order chi connectivity index (χ0) is 7.40. The van der Waals surface area contributed by atoms with Crippen LogP contribution in [0.5, 0.6) is 0 Å². The molecule has 1 N–H and O–H groups in total. The minimum Gasteiger partial charge on any atom is -0.358 e. The van der Waals surface area contributed by atoms with E-state index >= 15 is 0 Å². The molecule has 0 aromatic rings. The van der Waals surface area contributed by atoms with Crippen molar-refractivity contribution in [3.63, 3.8) is 0 Å². The Bertz CT molecular complexity index is 229. The molecule has 0 unspecified atom stereocenters. The molecular weight excluding hydrogens is 134 g/mol. The molecule has 0 saturated carbocycles. The van der Waals surface area contributed by atoms with E-state index in [4.69, 9.17) is 0 Å². The molecule has 0 saturated heterocycles. The maximum atomic E-state index is 10.1. The molecule has 1 rings (SSSR count). The van der Waals surface area contributed by atoms with E-state index in [1.165, 1.54) is 12.3 Å². The monoisotopic (exact) mass is 139 g/mol. The van der Waals surface area contributed by atoms with Crippen LogP contribution in [-0.4, -0.2) is 11.1 Å². The van der Waals surface area contributed by atoms with Gasteiger partial charge in [-0.2, -0.15) is 0 Å². The first kappa shape index (κ1) is 6.47. The van der Waals surface area contributed by atoms with Gasteiger partial charge in [0.25, 0.3) is 0 Å². The van der Waals surface area contributed by atoms with Gasteiger partial charge in [0.2, 0.25) is 0 Å². The van der Waals surface area contributed by atoms with E-state index in [-0.39, 0.29) is 5.82 Å². The highest BCUT2D eigenvalue weighted by Crippen LogP contribution is 1.92. The number of nitrogens with one attached hydrogen (secondary N) is 1. The lowest BCUT2D eigenvalue weighted by Gasteiger charge is -1.93. The molecule has 0 radical (unpaired) electrons. The first-order chi connectivity index (χ1) is 4.80. The van der Waals surface area contributed by atoms with Crippen molar-refractivity contribution < 1.29 is 4.92 Å². The number of hydrazone groups is 1. The highest BCUT2D eigenvalue weighted by Gasteiger charge is 2.04. The van der Waals surface area contributed by atoms with Crippen LogP contribution in [0.15, 0.2) is 29.2 Å². The Hall–Kier alpha value is -1.65. The second kappa shape index (κ2) is 2.77.